The summed E-state index contributed by atoms with van der Waals surface area (Å²) in [4.78, 5) is 11.3. The standard InChI is InChI=1S/C14H25NO15S2/c1-4(17)15-7-9(19)11(5(2-16)28-13(7)21)30-14-10(20)12(32(25,26)27)8(18)6(29-14)3-31(22,23)24/h5-14,16,18-21H,2-3H2,1H3,(H,15,17)(H,22,23,24)(H,25,26,27)/t5-,6-,7-,8+,9-,10-,11-,12+,13-,14+/m1/s1. The molecule has 0 radical (unpaired) electrons. The Morgan fingerprint density at radius 2 is 1.56 bits per heavy atom. The van der Waals surface area contributed by atoms with Crippen LogP contribution in [-0.2, 0) is 39.2 Å². The summed E-state index contributed by atoms with van der Waals surface area (Å²) >= 11 is 0. The maximum atomic E-state index is 11.7. The Balaban J connectivity index is 2.36. The minimum atomic E-state index is -5.23. The topological polar surface area (TPSA) is 267 Å². The summed E-state index contributed by atoms with van der Waals surface area (Å²) in [6, 6.07) is -1.50. The van der Waals surface area contributed by atoms with Crippen molar-refractivity contribution in [2.24, 2.45) is 0 Å². The van der Waals surface area contributed by atoms with E-state index in [0.717, 1.165) is 6.92 Å². The van der Waals surface area contributed by atoms with Crippen molar-refractivity contribution in [1.82, 2.24) is 5.32 Å². The van der Waals surface area contributed by atoms with E-state index in [1.165, 1.54) is 0 Å². The minimum absolute atomic E-state index is 0.699. The van der Waals surface area contributed by atoms with E-state index in [9.17, 15) is 51.7 Å². The van der Waals surface area contributed by atoms with Crippen LogP contribution in [0, 0.1) is 0 Å². The average Bonchev–Trinajstić information content (AvgIpc) is 2.62. The molecule has 18 heteroatoms. The number of aliphatic hydroxyl groups excluding tert-OH is 5. The molecule has 2 fully saturated rings. The fourth-order valence-corrected chi connectivity index (χ4v) is 5.21. The van der Waals surface area contributed by atoms with Crippen molar-refractivity contribution >= 4 is 26.1 Å². The second kappa shape index (κ2) is 10.1. The summed E-state index contributed by atoms with van der Waals surface area (Å²) in [7, 11) is -10.1. The van der Waals surface area contributed by atoms with E-state index in [0.29, 0.717) is 0 Å². The maximum absolute atomic E-state index is 11.7. The van der Waals surface area contributed by atoms with Gasteiger partial charge >= 0.3 is 0 Å². The predicted octanol–water partition coefficient (Wildman–Crippen LogP) is -5.46. The molecule has 0 aromatic heterocycles. The Bertz CT molecular complexity index is 879. The van der Waals surface area contributed by atoms with Crippen molar-refractivity contribution < 1.29 is 70.5 Å². The molecular formula is C14H25NO15S2. The lowest BCUT2D eigenvalue weighted by atomic mass is 9.96. The van der Waals surface area contributed by atoms with Crippen LogP contribution in [0.4, 0.5) is 0 Å². The number of ether oxygens (including phenoxy) is 3. The third kappa shape index (κ3) is 6.30. The lowest BCUT2D eigenvalue weighted by molar-refractivity contribution is -0.326. The van der Waals surface area contributed by atoms with Gasteiger partial charge < -0.3 is 45.1 Å². The molecule has 32 heavy (non-hydrogen) atoms. The van der Waals surface area contributed by atoms with Crippen molar-refractivity contribution in [1.29, 1.82) is 0 Å². The molecule has 0 unspecified atom stereocenters. The maximum Gasteiger partial charge on any atom is 0.273 e. The van der Waals surface area contributed by atoms with Gasteiger partial charge in [0.05, 0.1) is 6.61 Å². The first kappa shape index (κ1) is 27.2. The highest BCUT2D eigenvalue weighted by atomic mass is 32.2. The van der Waals surface area contributed by atoms with Crippen molar-refractivity contribution in [3.05, 3.63) is 0 Å². The number of nitrogens with one attached hydrogen (secondary N) is 1. The molecule has 2 aliphatic rings. The third-order valence-corrected chi connectivity index (χ3v) is 6.89. The summed E-state index contributed by atoms with van der Waals surface area (Å²) in [5, 5.41) is 50.1. The average molecular weight is 511 g/mol. The molecule has 0 bridgehead atoms. The van der Waals surface area contributed by atoms with E-state index in [2.05, 4.69) is 5.32 Å². The summed E-state index contributed by atoms with van der Waals surface area (Å²) in [5.74, 6) is -2.05. The minimum Gasteiger partial charge on any atom is -0.394 e. The Morgan fingerprint density at radius 1 is 0.969 bits per heavy atom. The summed E-state index contributed by atoms with van der Waals surface area (Å²) in [6.45, 7) is 0.173. The van der Waals surface area contributed by atoms with Crippen LogP contribution in [0.1, 0.15) is 6.92 Å². The number of rotatable bonds is 7. The monoisotopic (exact) mass is 511 g/mol. The Hall–Kier alpha value is -1.03. The van der Waals surface area contributed by atoms with Gasteiger partial charge in [0.15, 0.2) is 12.6 Å². The van der Waals surface area contributed by atoms with Crippen LogP contribution in [0.2, 0.25) is 0 Å². The number of carbonyl (C=O) groups is 1. The molecule has 1 amide bonds. The van der Waals surface area contributed by atoms with Gasteiger partial charge in [0.2, 0.25) is 5.91 Å². The first-order valence-corrected chi connectivity index (χ1v) is 12.2. The molecule has 0 spiro atoms. The number of amides is 1. The number of hydrogen-bond donors (Lipinski definition) is 8. The van der Waals surface area contributed by atoms with Crippen LogP contribution >= 0.6 is 0 Å². The van der Waals surface area contributed by atoms with Crippen LogP contribution in [0.15, 0.2) is 0 Å². The summed E-state index contributed by atoms with van der Waals surface area (Å²) < 4.78 is 79.6. The van der Waals surface area contributed by atoms with Gasteiger partial charge in [-0.25, -0.2) is 0 Å². The van der Waals surface area contributed by atoms with Crippen LogP contribution in [0.5, 0.6) is 0 Å². The molecule has 0 aromatic carbocycles. The molecular weight excluding hydrogens is 486 g/mol. The summed E-state index contributed by atoms with van der Waals surface area (Å²) in [5.41, 5.74) is 0. The van der Waals surface area contributed by atoms with E-state index >= 15 is 0 Å². The van der Waals surface area contributed by atoms with Gasteiger partial charge in [-0.2, -0.15) is 16.8 Å². The van der Waals surface area contributed by atoms with Crippen molar-refractivity contribution in [2.75, 3.05) is 12.4 Å². The quantitative estimate of drug-likeness (QED) is 0.148. The normalized spacial score (nSPS) is 41.2. The van der Waals surface area contributed by atoms with Gasteiger partial charge in [-0.1, -0.05) is 0 Å². The van der Waals surface area contributed by atoms with Crippen LogP contribution in [0.25, 0.3) is 0 Å². The van der Waals surface area contributed by atoms with Gasteiger partial charge in [0.1, 0.15) is 53.7 Å². The highest BCUT2D eigenvalue weighted by molar-refractivity contribution is 7.86. The van der Waals surface area contributed by atoms with Crippen molar-refractivity contribution in [2.45, 2.75) is 67.4 Å². The molecule has 10 atom stereocenters. The highest BCUT2D eigenvalue weighted by Gasteiger charge is 2.54. The van der Waals surface area contributed by atoms with Gasteiger partial charge in [0.25, 0.3) is 20.2 Å². The molecule has 8 N–H and O–H groups in total. The van der Waals surface area contributed by atoms with Gasteiger partial charge in [-0.05, 0) is 0 Å². The fourth-order valence-electron chi connectivity index (χ4n) is 3.51. The lowest BCUT2D eigenvalue weighted by Crippen LogP contribution is -2.67. The van der Waals surface area contributed by atoms with E-state index in [1.807, 2.05) is 0 Å². The number of hydrogen-bond acceptors (Lipinski definition) is 13. The fraction of sp³-hybridized carbons (Fsp3) is 0.929. The van der Waals surface area contributed by atoms with Crippen LogP contribution in [-0.4, -0.2) is 130 Å². The Kier molecular flexibility index (Phi) is 8.57. The zero-order chi connectivity index (χ0) is 24.6. The second-order valence-electron chi connectivity index (χ2n) is 7.32. The zero-order valence-electron chi connectivity index (χ0n) is 16.4. The highest BCUT2D eigenvalue weighted by Crippen LogP contribution is 2.31. The second-order valence-corrected chi connectivity index (χ2v) is 10.4. The van der Waals surface area contributed by atoms with E-state index in [1.54, 1.807) is 0 Å². The summed E-state index contributed by atoms with van der Waals surface area (Å²) in [6.07, 6.45) is -15.7. The lowest BCUT2D eigenvalue weighted by Gasteiger charge is -2.46. The van der Waals surface area contributed by atoms with Gasteiger partial charge in [-0.3, -0.25) is 13.9 Å². The van der Waals surface area contributed by atoms with E-state index < -0.39 is 99.0 Å². The molecule has 0 aromatic rings. The molecule has 188 valence electrons. The largest absolute Gasteiger partial charge is 0.394 e. The third-order valence-electron chi connectivity index (χ3n) is 4.89. The predicted molar refractivity (Wildman–Crippen MR) is 98.9 cm³/mol. The smallest absolute Gasteiger partial charge is 0.273 e. The van der Waals surface area contributed by atoms with E-state index in [-0.39, 0.29) is 0 Å². The van der Waals surface area contributed by atoms with Crippen molar-refractivity contribution in [3.63, 3.8) is 0 Å². The SMILES string of the molecule is CC(=O)N[C@@H]1[C@@H](O)[C@H](O[C@@H]2O[C@H](CS(=O)(=O)O)[C@H](O)[C@H](S(=O)(=O)O)[C@H]2O)[C@@H](CO)O[C@H]1O. The van der Waals surface area contributed by atoms with Gasteiger partial charge in [-0.15, -0.1) is 0 Å². The molecule has 2 saturated heterocycles. The van der Waals surface area contributed by atoms with Crippen molar-refractivity contribution in [3.8, 4) is 0 Å². The first-order valence-electron chi connectivity index (χ1n) is 9.05. The molecule has 2 aliphatic heterocycles. The molecule has 2 rings (SSSR count). The van der Waals surface area contributed by atoms with Crippen LogP contribution < -0.4 is 5.32 Å². The molecule has 0 aliphatic carbocycles. The molecule has 0 saturated carbocycles. The molecule has 16 nitrogen and oxygen atoms in total. The van der Waals surface area contributed by atoms with Crippen LogP contribution in [0.3, 0.4) is 0 Å². The Morgan fingerprint density at radius 3 is 2.03 bits per heavy atom. The van der Waals surface area contributed by atoms with E-state index in [4.69, 9.17) is 18.8 Å². The molecule has 2 heterocycles. The zero-order valence-corrected chi connectivity index (χ0v) is 18.0. The van der Waals surface area contributed by atoms with Gasteiger partial charge in [0, 0.05) is 6.92 Å². The Labute approximate surface area is 182 Å². The number of carbonyl (C=O) groups excluding carboxylic acids is 1. The first-order chi connectivity index (χ1) is 14.6. The number of aliphatic hydroxyl groups is 5.